The lowest BCUT2D eigenvalue weighted by atomic mass is 10.2. The van der Waals surface area contributed by atoms with Crippen LogP contribution in [0.5, 0.6) is 0 Å². The number of halogens is 1. The van der Waals surface area contributed by atoms with Crippen molar-refractivity contribution < 1.29 is 4.39 Å². The average Bonchev–Trinajstić information content (AvgIpc) is 2.33. The Balaban J connectivity index is 2.02. The summed E-state index contributed by atoms with van der Waals surface area (Å²) in [6.45, 7) is 0.552. The summed E-state index contributed by atoms with van der Waals surface area (Å²) >= 11 is 0. The highest BCUT2D eigenvalue weighted by Gasteiger charge is 1.99. The van der Waals surface area contributed by atoms with E-state index in [4.69, 9.17) is 11.5 Å². The minimum absolute atomic E-state index is 0.247. The number of pyridine rings is 1. The fraction of sp³-hybridized carbons (Fsp3) is 0.0833. The van der Waals surface area contributed by atoms with Crippen LogP contribution in [0.15, 0.2) is 36.4 Å². The molecule has 5 N–H and O–H groups in total. The maximum atomic E-state index is 12.7. The first-order chi connectivity index (χ1) is 8.15. The second-order valence-corrected chi connectivity index (χ2v) is 3.65. The van der Waals surface area contributed by atoms with E-state index in [1.165, 1.54) is 12.1 Å². The summed E-state index contributed by atoms with van der Waals surface area (Å²) in [5, 5.41) is 3.08. The molecule has 0 saturated heterocycles. The SMILES string of the molecule is Nc1ccc(NCc2ccc(F)cc2)nc1N. The molecular formula is C12H13FN4. The van der Waals surface area contributed by atoms with Gasteiger partial charge in [0.15, 0.2) is 0 Å². The van der Waals surface area contributed by atoms with E-state index in [1.807, 2.05) is 0 Å². The van der Waals surface area contributed by atoms with Gasteiger partial charge in [0.25, 0.3) is 0 Å². The van der Waals surface area contributed by atoms with E-state index in [-0.39, 0.29) is 5.82 Å². The largest absolute Gasteiger partial charge is 0.396 e. The monoisotopic (exact) mass is 232 g/mol. The molecule has 2 rings (SSSR count). The normalized spacial score (nSPS) is 10.2. The molecule has 4 nitrogen and oxygen atoms in total. The van der Waals surface area contributed by atoms with Crippen molar-refractivity contribution in [2.24, 2.45) is 0 Å². The summed E-state index contributed by atoms with van der Waals surface area (Å²) in [5.74, 6) is 0.693. The van der Waals surface area contributed by atoms with Gasteiger partial charge in [-0.3, -0.25) is 0 Å². The van der Waals surface area contributed by atoms with Crippen molar-refractivity contribution in [1.29, 1.82) is 0 Å². The summed E-state index contributed by atoms with van der Waals surface area (Å²) in [6, 6.07) is 9.69. The van der Waals surface area contributed by atoms with Crippen LogP contribution in [0.25, 0.3) is 0 Å². The molecule has 0 saturated carbocycles. The van der Waals surface area contributed by atoms with Gasteiger partial charge in [0, 0.05) is 6.54 Å². The van der Waals surface area contributed by atoms with Crippen molar-refractivity contribution >= 4 is 17.3 Å². The number of anilines is 3. The lowest BCUT2D eigenvalue weighted by molar-refractivity contribution is 0.627. The minimum Gasteiger partial charge on any atom is -0.396 e. The van der Waals surface area contributed by atoms with Gasteiger partial charge in [0.1, 0.15) is 17.5 Å². The van der Waals surface area contributed by atoms with Crippen molar-refractivity contribution in [3.8, 4) is 0 Å². The van der Waals surface area contributed by atoms with Crippen molar-refractivity contribution in [3.63, 3.8) is 0 Å². The zero-order valence-corrected chi connectivity index (χ0v) is 9.15. The van der Waals surface area contributed by atoms with Crippen LogP contribution >= 0.6 is 0 Å². The molecule has 0 atom stereocenters. The quantitative estimate of drug-likeness (QED) is 0.756. The van der Waals surface area contributed by atoms with Crippen LogP contribution in [0, 0.1) is 5.82 Å². The number of benzene rings is 1. The number of nitrogens with two attached hydrogens (primary N) is 2. The Hall–Kier alpha value is -2.30. The molecule has 0 unspecified atom stereocenters. The first-order valence-corrected chi connectivity index (χ1v) is 5.15. The molecule has 0 bridgehead atoms. The number of hydrogen-bond donors (Lipinski definition) is 3. The van der Waals surface area contributed by atoms with Crippen LogP contribution in [0.4, 0.5) is 21.7 Å². The van der Waals surface area contributed by atoms with Gasteiger partial charge in [-0.05, 0) is 29.8 Å². The molecule has 88 valence electrons. The van der Waals surface area contributed by atoms with E-state index in [0.29, 0.717) is 23.9 Å². The summed E-state index contributed by atoms with van der Waals surface area (Å²) in [4.78, 5) is 4.07. The highest BCUT2D eigenvalue weighted by atomic mass is 19.1. The fourth-order valence-electron chi connectivity index (χ4n) is 1.38. The van der Waals surface area contributed by atoms with Crippen LogP contribution in [-0.2, 0) is 6.54 Å². The van der Waals surface area contributed by atoms with Crippen molar-refractivity contribution in [1.82, 2.24) is 4.98 Å². The number of nitrogens with one attached hydrogen (secondary N) is 1. The van der Waals surface area contributed by atoms with Gasteiger partial charge in [0.2, 0.25) is 0 Å². The lowest BCUT2D eigenvalue weighted by Crippen LogP contribution is -2.04. The lowest BCUT2D eigenvalue weighted by Gasteiger charge is -2.07. The van der Waals surface area contributed by atoms with E-state index < -0.39 is 0 Å². The van der Waals surface area contributed by atoms with Gasteiger partial charge >= 0.3 is 0 Å². The summed E-state index contributed by atoms with van der Waals surface area (Å²) < 4.78 is 12.7. The summed E-state index contributed by atoms with van der Waals surface area (Å²) in [5.41, 5.74) is 12.6. The predicted molar refractivity (Wildman–Crippen MR) is 66.8 cm³/mol. The topological polar surface area (TPSA) is 77.0 Å². The zero-order chi connectivity index (χ0) is 12.3. The van der Waals surface area contributed by atoms with E-state index in [2.05, 4.69) is 10.3 Å². The summed E-state index contributed by atoms with van der Waals surface area (Å²) in [6.07, 6.45) is 0. The Labute approximate surface area is 98.5 Å². The molecule has 17 heavy (non-hydrogen) atoms. The molecular weight excluding hydrogens is 219 g/mol. The molecule has 5 heteroatoms. The number of nitrogens with zero attached hydrogens (tertiary/aromatic N) is 1. The summed E-state index contributed by atoms with van der Waals surface area (Å²) in [7, 11) is 0. The van der Waals surface area contributed by atoms with Crippen molar-refractivity contribution in [2.45, 2.75) is 6.54 Å². The van der Waals surface area contributed by atoms with E-state index in [0.717, 1.165) is 5.56 Å². The highest BCUT2D eigenvalue weighted by molar-refractivity contribution is 5.61. The van der Waals surface area contributed by atoms with Gasteiger partial charge in [-0.1, -0.05) is 12.1 Å². The predicted octanol–water partition coefficient (Wildman–Crippen LogP) is 2.00. The average molecular weight is 232 g/mol. The standard InChI is InChI=1S/C12H13FN4/c13-9-3-1-8(2-4-9)7-16-11-6-5-10(14)12(15)17-11/h1-6H,7,14H2,(H3,15,16,17). The maximum absolute atomic E-state index is 12.7. The van der Waals surface area contributed by atoms with Crippen LogP contribution in [0.1, 0.15) is 5.56 Å². The fourth-order valence-corrected chi connectivity index (χ4v) is 1.38. The zero-order valence-electron chi connectivity index (χ0n) is 9.15. The van der Waals surface area contributed by atoms with Crippen molar-refractivity contribution in [2.75, 3.05) is 16.8 Å². The third kappa shape index (κ3) is 2.84. The number of nitrogen functional groups attached to an aromatic ring is 2. The molecule has 0 spiro atoms. The van der Waals surface area contributed by atoms with E-state index >= 15 is 0 Å². The molecule has 2 aromatic rings. The molecule has 0 radical (unpaired) electrons. The Morgan fingerprint density at radius 3 is 2.41 bits per heavy atom. The van der Waals surface area contributed by atoms with E-state index in [1.54, 1.807) is 24.3 Å². The number of rotatable bonds is 3. The first-order valence-electron chi connectivity index (χ1n) is 5.15. The van der Waals surface area contributed by atoms with Gasteiger partial charge in [-0.2, -0.15) is 0 Å². The van der Waals surface area contributed by atoms with Gasteiger partial charge < -0.3 is 16.8 Å². The van der Waals surface area contributed by atoms with Crippen LogP contribution in [0.3, 0.4) is 0 Å². The smallest absolute Gasteiger partial charge is 0.149 e. The van der Waals surface area contributed by atoms with Crippen LogP contribution < -0.4 is 16.8 Å². The molecule has 1 aromatic carbocycles. The molecule has 0 aliphatic rings. The molecule has 0 amide bonds. The van der Waals surface area contributed by atoms with Gasteiger partial charge in [-0.15, -0.1) is 0 Å². The Kier molecular flexibility index (Phi) is 3.09. The highest BCUT2D eigenvalue weighted by Crippen LogP contribution is 2.15. The number of aromatic nitrogens is 1. The third-order valence-electron chi connectivity index (χ3n) is 2.34. The Bertz CT molecular complexity index is 510. The molecule has 0 fully saturated rings. The third-order valence-corrected chi connectivity index (χ3v) is 2.34. The van der Waals surface area contributed by atoms with Crippen molar-refractivity contribution in [3.05, 3.63) is 47.8 Å². The van der Waals surface area contributed by atoms with E-state index in [9.17, 15) is 4.39 Å². The molecule has 0 aliphatic heterocycles. The molecule has 1 heterocycles. The number of hydrogen-bond acceptors (Lipinski definition) is 4. The van der Waals surface area contributed by atoms with Gasteiger partial charge in [0.05, 0.1) is 5.69 Å². The Morgan fingerprint density at radius 1 is 1.06 bits per heavy atom. The first kappa shape index (κ1) is 11.2. The molecule has 1 aromatic heterocycles. The van der Waals surface area contributed by atoms with Crippen LogP contribution in [-0.4, -0.2) is 4.98 Å². The van der Waals surface area contributed by atoms with Crippen LogP contribution in [0.2, 0.25) is 0 Å². The second-order valence-electron chi connectivity index (χ2n) is 3.65. The molecule has 0 aliphatic carbocycles. The van der Waals surface area contributed by atoms with Gasteiger partial charge in [-0.25, -0.2) is 9.37 Å². The maximum Gasteiger partial charge on any atom is 0.149 e. The minimum atomic E-state index is -0.247. The Morgan fingerprint density at radius 2 is 1.76 bits per heavy atom. The second kappa shape index (κ2) is 4.69.